The number of benzene rings is 1. The van der Waals surface area contributed by atoms with Gasteiger partial charge in [0.15, 0.2) is 12.0 Å². The molecule has 0 unspecified atom stereocenters. The Morgan fingerprint density at radius 3 is 2.74 bits per heavy atom. The minimum Gasteiger partial charge on any atom is -0.239 e. The van der Waals surface area contributed by atoms with Crippen molar-refractivity contribution < 1.29 is 17.2 Å². The predicted octanol–water partition coefficient (Wildman–Crippen LogP) is 3.01. The Labute approximate surface area is 136 Å². The zero-order chi connectivity index (χ0) is 16.4. The number of fused-ring (bicyclic) bond motifs is 1. The lowest BCUT2D eigenvalue weighted by atomic mass is 10.0. The van der Waals surface area contributed by atoms with Crippen LogP contribution in [0.5, 0.6) is 0 Å². The molecule has 1 aromatic carbocycles. The molecule has 1 aliphatic carbocycles. The second-order valence-corrected chi connectivity index (χ2v) is 8.38. The van der Waals surface area contributed by atoms with E-state index in [2.05, 4.69) is 10.1 Å². The third-order valence-electron chi connectivity index (χ3n) is 4.18. The third kappa shape index (κ3) is 2.35. The Kier molecular flexibility index (Phi) is 3.25. The number of nitrogens with zero attached hydrogens (tertiary/aromatic N) is 3. The molecule has 2 aliphatic rings. The van der Waals surface area contributed by atoms with Crippen LogP contribution in [-0.2, 0) is 9.84 Å². The van der Waals surface area contributed by atoms with Gasteiger partial charge in [-0.25, -0.2) is 21.9 Å². The van der Waals surface area contributed by atoms with Gasteiger partial charge in [0.05, 0.1) is 11.3 Å². The molecule has 1 aliphatic heterocycles. The predicted molar refractivity (Wildman–Crippen MR) is 78.2 cm³/mol. The highest BCUT2D eigenvalue weighted by molar-refractivity contribution is 7.92. The number of rotatable bonds is 3. The average Bonchev–Trinajstić information content (AvgIpc) is 3.19. The van der Waals surface area contributed by atoms with Gasteiger partial charge in [0.25, 0.3) is 5.16 Å². The van der Waals surface area contributed by atoms with Gasteiger partial charge in [-0.1, -0.05) is 11.6 Å². The Morgan fingerprint density at radius 2 is 2.04 bits per heavy atom. The molecule has 122 valence electrons. The van der Waals surface area contributed by atoms with E-state index in [0.29, 0.717) is 17.9 Å². The highest BCUT2D eigenvalue weighted by atomic mass is 35.5. The van der Waals surface area contributed by atoms with Gasteiger partial charge in [0.2, 0.25) is 9.84 Å². The van der Waals surface area contributed by atoms with Gasteiger partial charge in [-0.05, 0) is 31.0 Å². The molecule has 0 saturated heterocycles. The van der Waals surface area contributed by atoms with Gasteiger partial charge >= 0.3 is 0 Å². The Balaban J connectivity index is 1.80. The second-order valence-electron chi connectivity index (χ2n) is 5.83. The molecular formula is C14H12ClF2N3O2S. The first-order valence-corrected chi connectivity index (χ1v) is 9.09. The zero-order valence-corrected chi connectivity index (χ0v) is 13.4. The summed E-state index contributed by atoms with van der Waals surface area (Å²) in [5, 5.41) is 3.43. The zero-order valence-electron chi connectivity index (χ0n) is 11.8. The molecular weight excluding hydrogens is 348 g/mol. The van der Waals surface area contributed by atoms with E-state index in [-0.39, 0.29) is 23.0 Å². The van der Waals surface area contributed by atoms with Gasteiger partial charge in [-0.15, -0.1) is 5.10 Å². The Hall–Kier alpha value is -1.54. The lowest BCUT2D eigenvalue weighted by Gasteiger charge is -2.13. The molecule has 0 N–H and O–H groups in total. The van der Waals surface area contributed by atoms with E-state index in [1.54, 1.807) is 0 Å². The molecule has 2 aromatic rings. The van der Waals surface area contributed by atoms with Crippen LogP contribution in [-0.4, -0.2) is 28.4 Å². The first-order chi connectivity index (χ1) is 10.9. The number of halogens is 3. The van der Waals surface area contributed by atoms with E-state index in [1.807, 2.05) is 0 Å². The van der Waals surface area contributed by atoms with Crippen molar-refractivity contribution in [3.8, 4) is 0 Å². The first-order valence-electron chi connectivity index (χ1n) is 7.17. The number of hydrogen-bond acceptors (Lipinski definition) is 4. The lowest BCUT2D eigenvalue weighted by molar-refractivity contribution is 0.325. The van der Waals surface area contributed by atoms with Crippen molar-refractivity contribution in [2.45, 2.75) is 41.9 Å². The minimum absolute atomic E-state index is 0.0453. The summed E-state index contributed by atoms with van der Waals surface area (Å²) in [4.78, 5) is 3.87. The van der Waals surface area contributed by atoms with E-state index in [1.165, 1.54) is 22.9 Å². The maximum atomic E-state index is 14.2. The summed E-state index contributed by atoms with van der Waals surface area (Å²) in [6.07, 6.45) is -0.403. The van der Waals surface area contributed by atoms with Crippen molar-refractivity contribution in [2.75, 3.05) is 0 Å². The maximum Gasteiger partial charge on any atom is 0.267 e. The highest BCUT2D eigenvalue weighted by Gasteiger charge is 2.43. The second kappa shape index (κ2) is 4.98. The number of sulfone groups is 1. The fourth-order valence-electron chi connectivity index (χ4n) is 2.84. The van der Waals surface area contributed by atoms with E-state index < -0.39 is 33.1 Å². The molecule has 0 spiro atoms. The van der Waals surface area contributed by atoms with Crippen molar-refractivity contribution in [3.05, 3.63) is 40.4 Å². The van der Waals surface area contributed by atoms with Crippen molar-refractivity contribution in [1.29, 1.82) is 0 Å². The number of alkyl halides is 1. The van der Waals surface area contributed by atoms with Gasteiger partial charge < -0.3 is 0 Å². The van der Waals surface area contributed by atoms with E-state index in [0.717, 1.165) is 0 Å². The molecule has 23 heavy (non-hydrogen) atoms. The highest BCUT2D eigenvalue weighted by Crippen LogP contribution is 2.42. The van der Waals surface area contributed by atoms with Gasteiger partial charge in [0.1, 0.15) is 5.82 Å². The van der Waals surface area contributed by atoms with Gasteiger partial charge in [0, 0.05) is 17.0 Å². The smallest absolute Gasteiger partial charge is 0.239 e. The average molecular weight is 360 g/mol. The molecule has 0 bridgehead atoms. The van der Waals surface area contributed by atoms with Crippen molar-refractivity contribution >= 4 is 21.4 Å². The van der Waals surface area contributed by atoms with E-state index in [4.69, 9.17) is 11.6 Å². The number of aromatic nitrogens is 3. The number of hydrogen-bond donors (Lipinski definition) is 0. The topological polar surface area (TPSA) is 64.8 Å². The van der Waals surface area contributed by atoms with Crippen LogP contribution in [0, 0.1) is 5.82 Å². The quantitative estimate of drug-likeness (QED) is 0.845. The summed E-state index contributed by atoms with van der Waals surface area (Å²) in [5.41, 5.74) is 0.180. The molecule has 1 saturated carbocycles. The van der Waals surface area contributed by atoms with E-state index in [9.17, 15) is 17.2 Å². The Bertz CT molecular complexity index is 895. The third-order valence-corrected chi connectivity index (χ3v) is 6.44. The van der Waals surface area contributed by atoms with Crippen LogP contribution in [0.15, 0.2) is 23.4 Å². The molecule has 1 aromatic heterocycles. The fourth-order valence-corrected chi connectivity index (χ4v) is 4.49. The molecule has 9 heteroatoms. The van der Waals surface area contributed by atoms with Crippen LogP contribution in [0.1, 0.15) is 42.9 Å². The molecule has 0 amide bonds. The van der Waals surface area contributed by atoms with Crippen LogP contribution in [0.3, 0.4) is 0 Å². The summed E-state index contributed by atoms with van der Waals surface area (Å²) in [7, 11) is -3.62. The Morgan fingerprint density at radius 1 is 1.30 bits per heavy atom. The largest absolute Gasteiger partial charge is 0.267 e. The van der Waals surface area contributed by atoms with Crippen LogP contribution in [0.2, 0.25) is 5.02 Å². The SMILES string of the molecule is O=S(=O)(c1nc2n(n1)[C@H](c1cc(Cl)ccc1F)C[C@@H]2F)C1CC1. The fraction of sp³-hybridized carbons (Fsp3) is 0.429. The normalized spacial score (nSPS) is 24.0. The molecule has 4 rings (SSSR count). The molecule has 5 nitrogen and oxygen atoms in total. The maximum absolute atomic E-state index is 14.2. The summed E-state index contributed by atoms with van der Waals surface area (Å²) in [5.74, 6) is -0.616. The van der Waals surface area contributed by atoms with Crippen LogP contribution in [0.4, 0.5) is 8.78 Å². The van der Waals surface area contributed by atoms with Gasteiger partial charge in [-0.3, -0.25) is 0 Å². The van der Waals surface area contributed by atoms with Crippen molar-refractivity contribution in [1.82, 2.24) is 14.8 Å². The van der Waals surface area contributed by atoms with Crippen LogP contribution in [0.25, 0.3) is 0 Å². The molecule has 2 heterocycles. The molecule has 1 fully saturated rings. The summed E-state index contributed by atoms with van der Waals surface area (Å²) in [6, 6.07) is 3.24. The van der Waals surface area contributed by atoms with Crippen LogP contribution < -0.4 is 0 Å². The lowest BCUT2D eigenvalue weighted by Crippen LogP contribution is -2.13. The first kappa shape index (κ1) is 15.0. The standard InChI is InChI=1S/C14H12ClF2N3O2S/c15-7-1-4-10(16)9(5-7)12-6-11(17)13-18-14(19-20(12)13)23(21,22)8-2-3-8/h1,4-5,8,11-12H,2-3,6H2/t11-,12-/m0/s1. The summed E-state index contributed by atoms with van der Waals surface area (Å²) >= 11 is 5.88. The summed E-state index contributed by atoms with van der Waals surface area (Å²) < 4.78 is 53.9. The molecule has 2 atom stereocenters. The minimum atomic E-state index is -3.62. The van der Waals surface area contributed by atoms with Gasteiger partial charge in [-0.2, -0.15) is 4.98 Å². The monoisotopic (exact) mass is 359 g/mol. The molecule has 0 radical (unpaired) electrons. The van der Waals surface area contributed by atoms with E-state index >= 15 is 0 Å². The van der Waals surface area contributed by atoms with Crippen molar-refractivity contribution in [3.63, 3.8) is 0 Å². The van der Waals surface area contributed by atoms with Crippen molar-refractivity contribution in [2.24, 2.45) is 0 Å². The van der Waals surface area contributed by atoms with Crippen LogP contribution >= 0.6 is 11.6 Å². The summed E-state index contributed by atoms with van der Waals surface area (Å²) in [6.45, 7) is 0.